The molecule has 0 radical (unpaired) electrons. The highest BCUT2D eigenvalue weighted by atomic mass is 16.2. The van der Waals surface area contributed by atoms with Crippen LogP contribution >= 0.6 is 0 Å². The number of para-hydroxylation sites is 1. The normalized spacial score (nSPS) is 14.3. The summed E-state index contributed by atoms with van der Waals surface area (Å²) >= 11 is 0. The smallest absolute Gasteiger partial charge is 0.227 e. The van der Waals surface area contributed by atoms with Gasteiger partial charge in [0, 0.05) is 39.1 Å². The third-order valence-corrected chi connectivity index (χ3v) is 6.41. The molecule has 4 rings (SSSR count). The molecule has 2 aromatic carbocycles. The van der Waals surface area contributed by atoms with Crippen LogP contribution in [0.2, 0.25) is 0 Å². The lowest BCUT2D eigenvalue weighted by molar-refractivity contribution is -0.132. The topological polar surface area (TPSA) is 70.5 Å². The van der Waals surface area contributed by atoms with Gasteiger partial charge in [-0.25, -0.2) is 4.68 Å². The fraction of sp³-hybridized carbons (Fsp3) is 0.370. The van der Waals surface area contributed by atoms with Crippen molar-refractivity contribution in [3.05, 3.63) is 77.1 Å². The van der Waals surface area contributed by atoms with Gasteiger partial charge in [0.15, 0.2) is 0 Å². The predicted octanol–water partition coefficient (Wildman–Crippen LogP) is 3.51. The average Bonchev–Trinajstić information content (AvgIpc) is 3.13. The Kier molecular flexibility index (Phi) is 7.43. The molecule has 34 heavy (non-hydrogen) atoms. The van der Waals surface area contributed by atoms with Gasteiger partial charge in [-0.05, 0) is 38.5 Å². The molecule has 1 aromatic heterocycles. The number of piperazine rings is 1. The second-order valence-electron chi connectivity index (χ2n) is 8.98. The Labute approximate surface area is 201 Å². The van der Waals surface area contributed by atoms with Gasteiger partial charge in [-0.1, -0.05) is 48.0 Å². The fourth-order valence-corrected chi connectivity index (χ4v) is 4.32. The highest BCUT2D eigenvalue weighted by molar-refractivity contribution is 5.92. The minimum atomic E-state index is -0.0170. The molecule has 0 saturated carbocycles. The van der Waals surface area contributed by atoms with Crippen LogP contribution in [0, 0.1) is 20.8 Å². The van der Waals surface area contributed by atoms with E-state index in [1.807, 2.05) is 85.0 Å². The third kappa shape index (κ3) is 5.72. The molecule has 7 nitrogen and oxygen atoms in total. The Morgan fingerprint density at radius 3 is 2.26 bits per heavy atom. The van der Waals surface area contributed by atoms with E-state index in [-0.39, 0.29) is 11.8 Å². The lowest BCUT2D eigenvalue weighted by Gasteiger charge is -2.34. The second kappa shape index (κ2) is 10.7. The minimum Gasteiger partial charge on any atom is -0.340 e. The van der Waals surface area contributed by atoms with Crippen molar-refractivity contribution in [3.8, 4) is 5.69 Å². The zero-order valence-corrected chi connectivity index (χ0v) is 20.3. The van der Waals surface area contributed by atoms with Crippen LogP contribution in [0.5, 0.6) is 0 Å². The first-order valence-corrected chi connectivity index (χ1v) is 11.9. The number of nitrogens with one attached hydrogen (secondary N) is 1. The van der Waals surface area contributed by atoms with Crippen LogP contribution in [0.25, 0.3) is 5.69 Å². The molecule has 1 saturated heterocycles. The van der Waals surface area contributed by atoms with Crippen molar-refractivity contribution >= 4 is 17.5 Å². The predicted molar refractivity (Wildman–Crippen MR) is 134 cm³/mol. The van der Waals surface area contributed by atoms with Gasteiger partial charge in [-0.3, -0.25) is 14.5 Å². The summed E-state index contributed by atoms with van der Waals surface area (Å²) in [4.78, 5) is 29.5. The Hall–Kier alpha value is -3.45. The van der Waals surface area contributed by atoms with E-state index >= 15 is 0 Å². The molecular formula is C27H33N5O2. The van der Waals surface area contributed by atoms with Crippen LogP contribution in [0.3, 0.4) is 0 Å². The number of aromatic nitrogens is 2. The van der Waals surface area contributed by atoms with Crippen molar-refractivity contribution in [2.75, 3.05) is 38.0 Å². The number of benzene rings is 2. The molecule has 3 aromatic rings. The van der Waals surface area contributed by atoms with Gasteiger partial charge in [0.05, 0.1) is 29.2 Å². The zero-order valence-electron chi connectivity index (χ0n) is 20.3. The molecule has 0 unspecified atom stereocenters. The lowest BCUT2D eigenvalue weighted by atomic mass is 10.1. The van der Waals surface area contributed by atoms with Crippen LogP contribution in [0.15, 0.2) is 54.6 Å². The number of hydrogen-bond acceptors (Lipinski definition) is 4. The summed E-state index contributed by atoms with van der Waals surface area (Å²) in [7, 11) is 0. The fourth-order valence-electron chi connectivity index (χ4n) is 4.32. The number of anilines is 1. The van der Waals surface area contributed by atoms with Crippen molar-refractivity contribution in [2.24, 2.45) is 0 Å². The van der Waals surface area contributed by atoms with E-state index in [4.69, 9.17) is 0 Å². The van der Waals surface area contributed by atoms with Crippen molar-refractivity contribution in [1.29, 1.82) is 0 Å². The van der Waals surface area contributed by atoms with Crippen molar-refractivity contribution in [2.45, 2.75) is 33.6 Å². The molecule has 1 aliphatic heterocycles. The first kappa shape index (κ1) is 23.7. The maximum absolute atomic E-state index is 12.7. The lowest BCUT2D eigenvalue weighted by Crippen LogP contribution is -2.49. The van der Waals surface area contributed by atoms with Crippen LogP contribution in [0.4, 0.5) is 5.69 Å². The molecule has 0 atom stereocenters. The van der Waals surface area contributed by atoms with Crippen LogP contribution in [-0.4, -0.2) is 64.1 Å². The van der Waals surface area contributed by atoms with Gasteiger partial charge < -0.3 is 10.2 Å². The summed E-state index contributed by atoms with van der Waals surface area (Å²) in [5.74, 6) is 0.152. The molecule has 0 aliphatic carbocycles. The van der Waals surface area contributed by atoms with Gasteiger partial charge >= 0.3 is 0 Å². The number of rotatable bonds is 7. The van der Waals surface area contributed by atoms with Crippen LogP contribution in [-0.2, 0) is 16.0 Å². The van der Waals surface area contributed by atoms with E-state index in [2.05, 4.69) is 15.3 Å². The largest absolute Gasteiger partial charge is 0.340 e. The molecule has 0 spiro atoms. The van der Waals surface area contributed by atoms with Crippen molar-refractivity contribution in [3.63, 3.8) is 0 Å². The average molecular weight is 460 g/mol. The van der Waals surface area contributed by atoms with E-state index in [9.17, 15) is 9.59 Å². The van der Waals surface area contributed by atoms with Crippen molar-refractivity contribution < 1.29 is 9.59 Å². The first-order chi connectivity index (χ1) is 16.4. The summed E-state index contributed by atoms with van der Waals surface area (Å²) in [6.45, 7) is 9.59. The zero-order chi connectivity index (χ0) is 24.1. The monoisotopic (exact) mass is 459 g/mol. The highest BCUT2D eigenvalue weighted by Gasteiger charge is 2.22. The molecule has 1 fully saturated rings. The second-order valence-corrected chi connectivity index (χ2v) is 8.98. The molecular weight excluding hydrogens is 426 g/mol. The Balaban J connectivity index is 1.24. The van der Waals surface area contributed by atoms with E-state index in [1.165, 1.54) is 5.56 Å². The van der Waals surface area contributed by atoms with Gasteiger partial charge in [-0.2, -0.15) is 5.10 Å². The number of carbonyl (C=O) groups excluding carboxylic acids is 2. The van der Waals surface area contributed by atoms with E-state index < -0.39 is 0 Å². The maximum atomic E-state index is 12.7. The summed E-state index contributed by atoms with van der Waals surface area (Å²) in [6.07, 6.45) is 0.852. The SMILES string of the molecule is Cc1ccc(CC(=O)N2CCN(CCC(=O)Nc3c(C)nn(-c4ccccc4)c3C)CC2)cc1. The minimum absolute atomic E-state index is 0.0170. The number of carbonyl (C=O) groups is 2. The summed E-state index contributed by atoms with van der Waals surface area (Å²) < 4.78 is 1.86. The number of aryl methyl sites for hydroxylation is 2. The summed E-state index contributed by atoms with van der Waals surface area (Å²) in [6, 6.07) is 18.0. The third-order valence-electron chi connectivity index (χ3n) is 6.41. The molecule has 2 amide bonds. The summed E-state index contributed by atoms with van der Waals surface area (Å²) in [5.41, 5.74) is 5.71. The Bertz CT molecular complexity index is 1130. The van der Waals surface area contributed by atoms with E-state index in [1.54, 1.807) is 0 Å². The Morgan fingerprint density at radius 2 is 1.59 bits per heavy atom. The Morgan fingerprint density at radius 1 is 0.912 bits per heavy atom. The number of amides is 2. The number of hydrogen-bond donors (Lipinski definition) is 1. The quantitative estimate of drug-likeness (QED) is 0.587. The molecule has 1 aliphatic rings. The van der Waals surface area contributed by atoms with Crippen LogP contribution in [0.1, 0.15) is 28.9 Å². The number of nitrogens with zero attached hydrogens (tertiary/aromatic N) is 4. The van der Waals surface area contributed by atoms with Gasteiger partial charge in [0.2, 0.25) is 11.8 Å². The highest BCUT2D eigenvalue weighted by Crippen LogP contribution is 2.23. The van der Waals surface area contributed by atoms with Gasteiger partial charge in [0.25, 0.3) is 0 Å². The first-order valence-electron chi connectivity index (χ1n) is 11.9. The molecule has 2 heterocycles. The van der Waals surface area contributed by atoms with E-state index in [0.29, 0.717) is 32.5 Å². The van der Waals surface area contributed by atoms with E-state index in [0.717, 1.165) is 41.4 Å². The maximum Gasteiger partial charge on any atom is 0.227 e. The molecule has 178 valence electrons. The van der Waals surface area contributed by atoms with Gasteiger partial charge in [-0.15, -0.1) is 0 Å². The molecule has 0 bridgehead atoms. The standard InChI is InChI=1S/C27H33N5O2/c1-20-9-11-23(12-10-20)19-26(34)31-17-15-30(16-18-31)14-13-25(33)28-27-21(2)29-32(22(27)3)24-7-5-4-6-8-24/h4-12H,13-19H2,1-3H3,(H,28,33). The molecule has 1 N–H and O–H groups in total. The van der Waals surface area contributed by atoms with Crippen LogP contribution < -0.4 is 5.32 Å². The molecule has 7 heteroatoms. The van der Waals surface area contributed by atoms with Gasteiger partial charge in [0.1, 0.15) is 0 Å². The summed E-state index contributed by atoms with van der Waals surface area (Å²) in [5, 5.41) is 7.65. The van der Waals surface area contributed by atoms with Crippen molar-refractivity contribution in [1.82, 2.24) is 19.6 Å².